The molecule has 3 aromatic rings. The van der Waals surface area contributed by atoms with Crippen LogP contribution in [0.15, 0.2) is 63.6 Å². The molecular formula is C17H12BrNO4. The molecular weight excluding hydrogens is 362 g/mol. The molecule has 0 spiro atoms. The molecule has 3 rings (SSSR count). The molecule has 1 heterocycles. The van der Waals surface area contributed by atoms with E-state index in [2.05, 4.69) is 21.1 Å². The largest absolute Gasteiger partial charge is 0.489 e. The van der Waals surface area contributed by atoms with Gasteiger partial charge in [0.2, 0.25) is 5.76 Å². The third kappa shape index (κ3) is 3.60. The van der Waals surface area contributed by atoms with Crippen LogP contribution in [-0.2, 0) is 6.61 Å². The van der Waals surface area contributed by atoms with Crippen molar-refractivity contribution in [3.63, 3.8) is 0 Å². The monoisotopic (exact) mass is 373 g/mol. The molecule has 6 heteroatoms. The number of carbonyl (C=O) groups is 1. The lowest BCUT2D eigenvalue weighted by molar-refractivity contribution is 0.0652. The van der Waals surface area contributed by atoms with E-state index in [1.54, 1.807) is 24.3 Å². The molecule has 0 amide bonds. The molecule has 0 radical (unpaired) electrons. The second kappa shape index (κ2) is 6.66. The van der Waals surface area contributed by atoms with E-state index in [9.17, 15) is 4.79 Å². The predicted octanol–water partition coefficient (Wildman–Crippen LogP) is 4.38. The van der Waals surface area contributed by atoms with E-state index in [0.29, 0.717) is 18.1 Å². The molecule has 2 aromatic carbocycles. The van der Waals surface area contributed by atoms with Crippen molar-refractivity contribution in [2.24, 2.45) is 0 Å². The van der Waals surface area contributed by atoms with E-state index in [-0.39, 0.29) is 5.76 Å². The lowest BCUT2D eigenvalue weighted by Crippen LogP contribution is -1.96. The van der Waals surface area contributed by atoms with Crippen molar-refractivity contribution in [2.75, 3.05) is 0 Å². The van der Waals surface area contributed by atoms with Crippen LogP contribution in [0.4, 0.5) is 0 Å². The van der Waals surface area contributed by atoms with Crippen molar-refractivity contribution in [3.05, 3.63) is 70.4 Å². The number of aromatic nitrogens is 1. The van der Waals surface area contributed by atoms with Crippen molar-refractivity contribution in [2.45, 2.75) is 6.61 Å². The first kappa shape index (κ1) is 15.3. The van der Waals surface area contributed by atoms with Gasteiger partial charge in [0.05, 0.1) is 0 Å². The van der Waals surface area contributed by atoms with Gasteiger partial charge in [-0.25, -0.2) is 4.79 Å². The number of carboxylic acid groups (broad SMARTS) is 1. The maximum Gasteiger partial charge on any atom is 0.374 e. The van der Waals surface area contributed by atoms with E-state index < -0.39 is 5.97 Å². The highest BCUT2D eigenvalue weighted by atomic mass is 79.9. The number of aromatic carboxylic acids is 1. The van der Waals surface area contributed by atoms with Crippen molar-refractivity contribution in [1.82, 2.24) is 5.16 Å². The number of hydrogen-bond acceptors (Lipinski definition) is 4. The predicted molar refractivity (Wildman–Crippen MR) is 87.4 cm³/mol. The summed E-state index contributed by atoms with van der Waals surface area (Å²) in [6.45, 7) is 0.452. The Morgan fingerprint density at radius 1 is 1.17 bits per heavy atom. The molecule has 0 aliphatic carbocycles. The number of ether oxygens (including phenoxy) is 1. The SMILES string of the molecule is O=C(O)c1cc(-c2ccc(OCc3ccccc3Br)cc2)no1. The van der Waals surface area contributed by atoms with E-state index in [0.717, 1.165) is 15.6 Å². The van der Waals surface area contributed by atoms with Crippen LogP contribution in [0, 0.1) is 0 Å². The lowest BCUT2D eigenvalue weighted by Gasteiger charge is -2.08. The number of benzene rings is 2. The van der Waals surface area contributed by atoms with Gasteiger partial charge < -0.3 is 14.4 Å². The molecule has 0 saturated heterocycles. The van der Waals surface area contributed by atoms with Crippen molar-refractivity contribution >= 4 is 21.9 Å². The first-order valence-electron chi connectivity index (χ1n) is 6.80. The fourth-order valence-corrected chi connectivity index (χ4v) is 2.41. The second-order valence-corrected chi connectivity index (χ2v) is 5.64. The van der Waals surface area contributed by atoms with Gasteiger partial charge in [-0.2, -0.15) is 0 Å². The van der Waals surface area contributed by atoms with Crippen LogP contribution in [0.2, 0.25) is 0 Å². The van der Waals surface area contributed by atoms with Gasteiger partial charge in [-0.15, -0.1) is 0 Å². The fourth-order valence-electron chi connectivity index (χ4n) is 2.01. The lowest BCUT2D eigenvalue weighted by atomic mass is 10.1. The van der Waals surface area contributed by atoms with Gasteiger partial charge in [0.25, 0.3) is 0 Å². The molecule has 0 saturated carbocycles. The van der Waals surface area contributed by atoms with Gasteiger partial charge in [-0.3, -0.25) is 0 Å². The van der Waals surface area contributed by atoms with Gasteiger partial charge >= 0.3 is 5.97 Å². The van der Waals surface area contributed by atoms with Crippen LogP contribution in [-0.4, -0.2) is 16.2 Å². The summed E-state index contributed by atoms with van der Waals surface area (Å²) in [6, 6.07) is 16.5. The minimum Gasteiger partial charge on any atom is -0.489 e. The number of nitrogens with zero attached hydrogens (tertiary/aromatic N) is 1. The Morgan fingerprint density at radius 3 is 2.57 bits per heavy atom. The number of rotatable bonds is 5. The average molecular weight is 374 g/mol. The molecule has 23 heavy (non-hydrogen) atoms. The summed E-state index contributed by atoms with van der Waals surface area (Å²) in [7, 11) is 0. The molecule has 1 N–H and O–H groups in total. The molecule has 0 aliphatic rings. The highest BCUT2D eigenvalue weighted by molar-refractivity contribution is 9.10. The Labute approximate surface area is 140 Å². The highest BCUT2D eigenvalue weighted by Crippen LogP contribution is 2.24. The van der Waals surface area contributed by atoms with E-state index in [4.69, 9.17) is 14.4 Å². The topological polar surface area (TPSA) is 72.6 Å². The van der Waals surface area contributed by atoms with Crippen LogP contribution < -0.4 is 4.74 Å². The summed E-state index contributed by atoms with van der Waals surface area (Å²) in [5, 5.41) is 12.6. The number of hydrogen-bond donors (Lipinski definition) is 1. The van der Waals surface area contributed by atoms with Gasteiger partial charge in [0.15, 0.2) is 0 Å². The second-order valence-electron chi connectivity index (χ2n) is 4.79. The highest BCUT2D eigenvalue weighted by Gasteiger charge is 2.12. The van der Waals surface area contributed by atoms with Crippen LogP contribution >= 0.6 is 15.9 Å². The van der Waals surface area contributed by atoms with Crippen molar-refractivity contribution in [3.8, 4) is 17.0 Å². The average Bonchev–Trinajstić information content (AvgIpc) is 3.05. The van der Waals surface area contributed by atoms with Gasteiger partial charge in [-0.1, -0.05) is 39.3 Å². The zero-order valence-electron chi connectivity index (χ0n) is 11.9. The number of carboxylic acids is 1. The summed E-state index contributed by atoms with van der Waals surface area (Å²) < 4.78 is 11.5. The summed E-state index contributed by atoms with van der Waals surface area (Å²) in [5.74, 6) is -0.613. The van der Waals surface area contributed by atoms with Gasteiger partial charge in [0, 0.05) is 21.7 Å². The molecule has 1 aromatic heterocycles. The molecule has 116 valence electrons. The molecule has 0 atom stereocenters. The van der Waals surface area contributed by atoms with Gasteiger partial charge in [-0.05, 0) is 30.3 Å². The van der Waals surface area contributed by atoms with Crippen LogP contribution in [0.5, 0.6) is 5.75 Å². The summed E-state index contributed by atoms with van der Waals surface area (Å²) in [4.78, 5) is 10.8. The van der Waals surface area contributed by atoms with E-state index in [1.165, 1.54) is 6.07 Å². The third-order valence-corrected chi connectivity index (χ3v) is 4.00. The Kier molecular flexibility index (Phi) is 4.43. The molecule has 0 bridgehead atoms. The zero-order valence-corrected chi connectivity index (χ0v) is 13.5. The first-order chi connectivity index (χ1) is 11.1. The quantitative estimate of drug-likeness (QED) is 0.718. The van der Waals surface area contributed by atoms with Crippen LogP contribution in [0.1, 0.15) is 16.1 Å². The molecule has 0 fully saturated rings. The molecule has 0 aliphatic heterocycles. The Balaban J connectivity index is 1.69. The summed E-state index contributed by atoms with van der Waals surface area (Å²) in [5.41, 5.74) is 2.29. The van der Waals surface area contributed by atoms with Crippen molar-refractivity contribution < 1.29 is 19.2 Å². The fraction of sp³-hybridized carbons (Fsp3) is 0.0588. The minimum absolute atomic E-state index is 0.186. The van der Waals surface area contributed by atoms with Crippen LogP contribution in [0.25, 0.3) is 11.3 Å². The smallest absolute Gasteiger partial charge is 0.374 e. The first-order valence-corrected chi connectivity index (χ1v) is 7.59. The van der Waals surface area contributed by atoms with E-state index in [1.807, 2.05) is 24.3 Å². The number of halogens is 1. The standard InChI is InChI=1S/C17H12BrNO4/c18-14-4-2-1-3-12(14)10-22-13-7-5-11(6-8-13)15-9-16(17(20)21)23-19-15/h1-9H,10H2,(H,20,21). The maximum absolute atomic E-state index is 10.8. The minimum atomic E-state index is -1.14. The summed E-state index contributed by atoms with van der Waals surface area (Å²) in [6.07, 6.45) is 0. The zero-order chi connectivity index (χ0) is 16.2. The van der Waals surface area contributed by atoms with Crippen LogP contribution in [0.3, 0.4) is 0 Å². The Bertz CT molecular complexity index is 827. The van der Waals surface area contributed by atoms with Gasteiger partial charge in [0.1, 0.15) is 18.1 Å². The Hall–Kier alpha value is -2.60. The maximum atomic E-state index is 10.8. The third-order valence-electron chi connectivity index (χ3n) is 3.22. The van der Waals surface area contributed by atoms with Crippen molar-refractivity contribution in [1.29, 1.82) is 0 Å². The molecule has 0 unspecified atom stereocenters. The summed E-state index contributed by atoms with van der Waals surface area (Å²) >= 11 is 3.48. The Morgan fingerprint density at radius 2 is 1.91 bits per heavy atom. The van der Waals surface area contributed by atoms with E-state index >= 15 is 0 Å². The molecule has 5 nitrogen and oxygen atoms in total. The normalized spacial score (nSPS) is 10.5.